The van der Waals surface area contributed by atoms with Gasteiger partial charge >= 0.3 is 12.0 Å². The zero-order valence-corrected chi connectivity index (χ0v) is 11.8. The average Bonchev–Trinajstić information content (AvgIpc) is 2.44. The van der Waals surface area contributed by atoms with Gasteiger partial charge in [-0.1, -0.05) is 6.92 Å². The second-order valence-corrected chi connectivity index (χ2v) is 4.32. The summed E-state index contributed by atoms with van der Waals surface area (Å²) >= 11 is 0. The highest BCUT2D eigenvalue weighted by molar-refractivity contribution is 5.99. The number of hydrogen-bond acceptors (Lipinski definition) is 4. The first-order chi connectivity index (χ1) is 9.95. The van der Waals surface area contributed by atoms with Gasteiger partial charge < -0.3 is 21.1 Å². The van der Waals surface area contributed by atoms with Gasteiger partial charge in [-0.3, -0.25) is 4.79 Å². The van der Waals surface area contributed by atoms with Crippen LogP contribution in [0.3, 0.4) is 0 Å². The molecule has 8 nitrogen and oxygen atoms in total. The number of anilines is 1. The second kappa shape index (κ2) is 7.83. The molecular weight excluding hydrogens is 276 g/mol. The number of aromatic nitrogens is 1. The van der Waals surface area contributed by atoms with E-state index in [9.17, 15) is 14.4 Å². The molecule has 3 amide bonds. The van der Waals surface area contributed by atoms with Gasteiger partial charge in [0.2, 0.25) is 5.91 Å². The van der Waals surface area contributed by atoms with E-state index in [-0.39, 0.29) is 17.3 Å². The molecule has 0 fully saturated rings. The maximum absolute atomic E-state index is 11.8. The Hall–Kier alpha value is -2.64. The number of carbonyl (C=O) groups excluding carboxylic acids is 2. The highest BCUT2D eigenvalue weighted by atomic mass is 16.4. The molecule has 1 unspecified atom stereocenters. The van der Waals surface area contributed by atoms with E-state index in [0.29, 0.717) is 6.54 Å². The van der Waals surface area contributed by atoms with Gasteiger partial charge in [-0.2, -0.15) is 0 Å². The molecule has 1 heterocycles. The van der Waals surface area contributed by atoms with Crippen LogP contribution in [0, 0.1) is 0 Å². The minimum absolute atomic E-state index is 0.0590. The van der Waals surface area contributed by atoms with Crippen LogP contribution in [0.15, 0.2) is 18.3 Å². The molecule has 1 rings (SSSR count). The maximum Gasteiger partial charge on any atom is 0.356 e. The highest BCUT2D eigenvalue weighted by Crippen LogP contribution is 2.11. The zero-order chi connectivity index (χ0) is 15.8. The summed E-state index contributed by atoms with van der Waals surface area (Å²) in [6, 6.07) is 1.50. The number of pyridine rings is 1. The van der Waals surface area contributed by atoms with Crippen molar-refractivity contribution in [3.8, 4) is 0 Å². The molecule has 1 aromatic heterocycles. The van der Waals surface area contributed by atoms with Crippen molar-refractivity contribution >= 4 is 23.6 Å². The first-order valence-corrected chi connectivity index (χ1v) is 6.49. The smallest absolute Gasteiger partial charge is 0.356 e. The molecular formula is C13H18N4O4. The molecule has 4 N–H and O–H groups in total. The Morgan fingerprint density at radius 3 is 2.71 bits per heavy atom. The van der Waals surface area contributed by atoms with Crippen molar-refractivity contribution < 1.29 is 19.5 Å². The van der Waals surface area contributed by atoms with Crippen molar-refractivity contribution in [3.63, 3.8) is 0 Å². The number of hydrogen-bond donors (Lipinski definition) is 4. The fourth-order valence-corrected chi connectivity index (χ4v) is 1.50. The van der Waals surface area contributed by atoms with Gasteiger partial charge in [-0.25, -0.2) is 14.6 Å². The van der Waals surface area contributed by atoms with Gasteiger partial charge in [-0.05, 0) is 25.5 Å². The molecule has 0 radical (unpaired) electrons. The van der Waals surface area contributed by atoms with E-state index in [1.807, 2.05) is 6.92 Å². The highest BCUT2D eigenvalue weighted by Gasteiger charge is 2.17. The molecule has 0 saturated carbocycles. The lowest BCUT2D eigenvalue weighted by molar-refractivity contribution is -0.122. The van der Waals surface area contributed by atoms with Gasteiger partial charge in [0.15, 0.2) is 5.69 Å². The predicted octanol–water partition coefficient (Wildman–Crippen LogP) is 0.816. The third kappa shape index (κ3) is 5.09. The molecule has 0 bridgehead atoms. The molecule has 1 aromatic rings. The number of amides is 3. The van der Waals surface area contributed by atoms with E-state index in [4.69, 9.17) is 5.11 Å². The largest absolute Gasteiger partial charge is 0.476 e. The summed E-state index contributed by atoms with van der Waals surface area (Å²) in [7, 11) is 0. The van der Waals surface area contributed by atoms with E-state index in [2.05, 4.69) is 20.9 Å². The van der Waals surface area contributed by atoms with Crippen LogP contribution >= 0.6 is 0 Å². The maximum atomic E-state index is 11.8. The predicted molar refractivity (Wildman–Crippen MR) is 76.1 cm³/mol. The monoisotopic (exact) mass is 294 g/mol. The topological polar surface area (TPSA) is 120 Å². The van der Waals surface area contributed by atoms with Gasteiger partial charge in [0.1, 0.15) is 6.04 Å². The van der Waals surface area contributed by atoms with Crippen LogP contribution in [0.4, 0.5) is 10.5 Å². The lowest BCUT2D eigenvalue weighted by atomic mass is 10.3. The van der Waals surface area contributed by atoms with Gasteiger partial charge in [0.05, 0.1) is 5.69 Å². The van der Waals surface area contributed by atoms with E-state index in [1.54, 1.807) is 0 Å². The lowest BCUT2D eigenvalue weighted by Crippen LogP contribution is -2.46. The molecule has 0 aromatic carbocycles. The summed E-state index contributed by atoms with van der Waals surface area (Å²) in [5.41, 5.74) is -0.209. The second-order valence-electron chi connectivity index (χ2n) is 4.32. The summed E-state index contributed by atoms with van der Waals surface area (Å²) in [5.74, 6) is -1.56. The summed E-state index contributed by atoms with van der Waals surface area (Å²) in [6.45, 7) is 3.98. The van der Waals surface area contributed by atoms with Gasteiger partial charge in [-0.15, -0.1) is 0 Å². The SMILES string of the molecule is CCCNC(=O)C(C)NC(=O)Nc1cccnc1C(=O)O. The minimum Gasteiger partial charge on any atom is -0.476 e. The molecule has 21 heavy (non-hydrogen) atoms. The van der Waals surface area contributed by atoms with Crippen molar-refractivity contribution in [2.24, 2.45) is 0 Å². The summed E-state index contributed by atoms with van der Waals surface area (Å²) in [4.78, 5) is 38.0. The van der Waals surface area contributed by atoms with Crippen molar-refractivity contribution in [3.05, 3.63) is 24.0 Å². The van der Waals surface area contributed by atoms with Crippen LogP contribution in [-0.2, 0) is 4.79 Å². The number of carbonyl (C=O) groups is 3. The van der Waals surface area contributed by atoms with Crippen molar-refractivity contribution in [1.82, 2.24) is 15.6 Å². The van der Waals surface area contributed by atoms with E-state index in [1.165, 1.54) is 25.3 Å². The standard InChI is InChI=1S/C13H18N4O4/c1-3-6-15-11(18)8(2)16-13(21)17-9-5-4-7-14-10(9)12(19)20/h4-5,7-8H,3,6H2,1-2H3,(H,15,18)(H,19,20)(H2,16,17,21). The van der Waals surface area contributed by atoms with Crippen LogP contribution in [0.25, 0.3) is 0 Å². The fourth-order valence-electron chi connectivity index (χ4n) is 1.50. The van der Waals surface area contributed by atoms with E-state index < -0.39 is 18.0 Å². The van der Waals surface area contributed by atoms with Gasteiger partial charge in [0, 0.05) is 12.7 Å². The third-order valence-electron chi connectivity index (χ3n) is 2.55. The fraction of sp³-hybridized carbons (Fsp3) is 0.385. The number of nitrogens with one attached hydrogen (secondary N) is 3. The quantitative estimate of drug-likeness (QED) is 0.619. The van der Waals surface area contributed by atoms with Crippen LogP contribution in [0.2, 0.25) is 0 Å². The minimum atomic E-state index is -1.25. The number of carboxylic acid groups (broad SMARTS) is 1. The zero-order valence-electron chi connectivity index (χ0n) is 11.8. The molecule has 0 aliphatic carbocycles. The Balaban J connectivity index is 2.62. The normalized spacial score (nSPS) is 11.3. The van der Waals surface area contributed by atoms with Gasteiger partial charge in [0.25, 0.3) is 0 Å². The molecule has 0 saturated heterocycles. The number of urea groups is 1. The molecule has 8 heteroatoms. The third-order valence-corrected chi connectivity index (χ3v) is 2.55. The van der Waals surface area contributed by atoms with Crippen LogP contribution < -0.4 is 16.0 Å². The number of rotatable bonds is 6. The number of aromatic carboxylic acids is 1. The number of nitrogens with zero attached hydrogens (tertiary/aromatic N) is 1. The molecule has 0 aliphatic heterocycles. The van der Waals surface area contributed by atoms with Crippen molar-refractivity contribution in [2.45, 2.75) is 26.3 Å². The summed E-state index contributed by atoms with van der Waals surface area (Å²) in [6.07, 6.45) is 2.11. The van der Waals surface area contributed by atoms with E-state index >= 15 is 0 Å². The Kier molecular flexibility index (Phi) is 6.12. The first-order valence-electron chi connectivity index (χ1n) is 6.49. The Morgan fingerprint density at radius 2 is 2.10 bits per heavy atom. The summed E-state index contributed by atoms with van der Waals surface area (Å²) < 4.78 is 0. The molecule has 0 spiro atoms. The molecule has 0 aliphatic rings. The van der Waals surface area contributed by atoms with Crippen LogP contribution in [0.5, 0.6) is 0 Å². The van der Waals surface area contributed by atoms with Crippen molar-refractivity contribution in [1.29, 1.82) is 0 Å². The summed E-state index contributed by atoms with van der Waals surface area (Å²) in [5, 5.41) is 16.4. The molecule has 114 valence electrons. The average molecular weight is 294 g/mol. The lowest BCUT2D eigenvalue weighted by Gasteiger charge is -2.15. The Labute approximate surface area is 121 Å². The van der Waals surface area contributed by atoms with Crippen molar-refractivity contribution in [2.75, 3.05) is 11.9 Å². The number of carboxylic acids is 1. The first kappa shape index (κ1) is 16.4. The Bertz CT molecular complexity index is 533. The molecule has 1 atom stereocenters. The van der Waals surface area contributed by atoms with Crippen LogP contribution in [0.1, 0.15) is 30.8 Å². The van der Waals surface area contributed by atoms with Crippen LogP contribution in [-0.4, -0.2) is 40.6 Å². The Morgan fingerprint density at radius 1 is 1.38 bits per heavy atom. The van der Waals surface area contributed by atoms with E-state index in [0.717, 1.165) is 6.42 Å².